The van der Waals surface area contributed by atoms with Gasteiger partial charge in [-0.05, 0) is 43.0 Å². The molecule has 4 nitrogen and oxygen atoms in total. The SMILES string of the molecule is Cc1ccc(C(Cc2ccc(O)cc2O)C(=O)O)c(C)c1. The first kappa shape index (κ1) is 14.9. The minimum Gasteiger partial charge on any atom is -0.508 e. The van der Waals surface area contributed by atoms with E-state index in [1.165, 1.54) is 12.1 Å². The third-order valence-corrected chi connectivity index (χ3v) is 3.59. The molecule has 110 valence electrons. The molecular weight excluding hydrogens is 268 g/mol. The molecule has 2 aromatic rings. The highest BCUT2D eigenvalue weighted by molar-refractivity contribution is 5.77. The van der Waals surface area contributed by atoms with Crippen LogP contribution in [0.2, 0.25) is 0 Å². The van der Waals surface area contributed by atoms with E-state index in [0.717, 1.165) is 16.7 Å². The predicted molar refractivity (Wildman–Crippen MR) is 79.8 cm³/mol. The van der Waals surface area contributed by atoms with Crippen molar-refractivity contribution >= 4 is 5.97 Å². The second-order valence-electron chi connectivity index (χ2n) is 5.27. The van der Waals surface area contributed by atoms with Crippen molar-refractivity contribution in [3.8, 4) is 11.5 Å². The van der Waals surface area contributed by atoms with E-state index in [2.05, 4.69) is 0 Å². The Bertz CT molecular complexity index is 676. The molecule has 1 atom stereocenters. The summed E-state index contributed by atoms with van der Waals surface area (Å²) < 4.78 is 0. The van der Waals surface area contributed by atoms with Crippen molar-refractivity contribution in [1.82, 2.24) is 0 Å². The van der Waals surface area contributed by atoms with Crippen LogP contribution in [0.3, 0.4) is 0 Å². The second-order valence-corrected chi connectivity index (χ2v) is 5.27. The van der Waals surface area contributed by atoms with Crippen LogP contribution >= 0.6 is 0 Å². The normalized spacial score (nSPS) is 12.1. The number of carboxylic acids is 1. The maximum absolute atomic E-state index is 11.6. The molecule has 0 spiro atoms. The molecule has 0 aromatic heterocycles. The third-order valence-electron chi connectivity index (χ3n) is 3.59. The van der Waals surface area contributed by atoms with Gasteiger partial charge in [0, 0.05) is 6.07 Å². The molecule has 21 heavy (non-hydrogen) atoms. The van der Waals surface area contributed by atoms with Crippen LogP contribution in [-0.4, -0.2) is 21.3 Å². The van der Waals surface area contributed by atoms with Crippen molar-refractivity contribution in [3.63, 3.8) is 0 Å². The fraction of sp³-hybridized carbons (Fsp3) is 0.235. The van der Waals surface area contributed by atoms with Gasteiger partial charge in [-0.3, -0.25) is 4.79 Å². The minimum absolute atomic E-state index is 0.0466. The summed E-state index contributed by atoms with van der Waals surface area (Å²) in [4.78, 5) is 11.6. The third kappa shape index (κ3) is 3.34. The van der Waals surface area contributed by atoms with E-state index < -0.39 is 11.9 Å². The average molecular weight is 286 g/mol. The lowest BCUT2D eigenvalue weighted by Gasteiger charge is -2.16. The van der Waals surface area contributed by atoms with E-state index >= 15 is 0 Å². The lowest BCUT2D eigenvalue weighted by molar-refractivity contribution is -0.138. The van der Waals surface area contributed by atoms with E-state index in [4.69, 9.17) is 0 Å². The summed E-state index contributed by atoms with van der Waals surface area (Å²) in [6.07, 6.45) is 0.172. The number of rotatable bonds is 4. The van der Waals surface area contributed by atoms with Gasteiger partial charge in [0.05, 0.1) is 5.92 Å². The fourth-order valence-electron chi connectivity index (χ4n) is 2.49. The van der Waals surface area contributed by atoms with Gasteiger partial charge in [0.25, 0.3) is 0 Å². The van der Waals surface area contributed by atoms with Crippen LogP contribution < -0.4 is 0 Å². The van der Waals surface area contributed by atoms with Gasteiger partial charge in [-0.2, -0.15) is 0 Å². The molecule has 0 radical (unpaired) electrons. The molecule has 0 amide bonds. The van der Waals surface area contributed by atoms with E-state index in [0.29, 0.717) is 5.56 Å². The van der Waals surface area contributed by atoms with Crippen LogP contribution in [0.25, 0.3) is 0 Å². The summed E-state index contributed by atoms with van der Waals surface area (Å²) in [5, 5.41) is 28.6. The Hall–Kier alpha value is -2.49. The molecular formula is C17H18O4. The molecule has 0 saturated heterocycles. The Kier molecular flexibility index (Phi) is 4.17. The quantitative estimate of drug-likeness (QED) is 0.807. The zero-order valence-corrected chi connectivity index (χ0v) is 12.0. The number of aromatic hydroxyl groups is 2. The number of carboxylic acid groups (broad SMARTS) is 1. The van der Waals surface area contributed by atoms with Crippen LogP contribution in [0.15, 0.2) is 36.4 Å². The Morgan fingerprint density at radius 3 is 2.38 bits per heavy atom. The summed E-state index contributed by atoms with van der Waals surface area (Å²) in [6.45, 7) is 3.84. The van der Waals surface area contributed by atoms with Crippen LogP contribution in [0.5, 0.6) is 11.5 Å². The molecule has 0 aliphatic carbocycles. The van der Waals surface area contributed by atoms with Gasteiger partial charge in [-0.25, -0.2) is 0 Å². The van der Waals surface area contributed by atoms with Crippen molar-refractivity contribution in [3.05, 3.63) is 58.7 Å². The standard InChI is InChI=1S/C17H18O4/c1-10-3-6-14(11(2)7-10)15(17(20)21)8-12-4-5-13(18)9-16(12)19/h3-7,9,15,18-19H,8H2,1-2H3,(H,20,21). The number of hydrogen-bond donors (Lipinski definition) is 3. The van der Waals surface area contributed by atoms with Crippen molar-refractivity contribution in [2.24, 2.45) is 0 Å². The number of aliphatic carboxylic acids is 1. The predicted octanol–water partition coefficient (Wildman–Crippen LogP) is 3.13. The topological polar surface area (TPSA) is 77.8 Å². The summed E-state index contributed by atoms with van der Waals surface area (Å²) in [5.74, 6) is -1.81. The van der Waals surface area contributed by atoms with Crippen molar-refractivity contribution in [2.75, 3.05) is 0 Å². The highest BCUT2D eigenvalue weighted by atomic mass is 16.4. The van der Waals surface area contributed by atoms with Gasteiger partial charge in [-0.15, -0.1) is 0 Å². The maximum Gasteiger partial charge on any atom is 0.311 e. The molecule has 0 saturated carbocycles. The largest absolute Gasteiger partial charge is 0.508 e. The molecule has 2 aromatic carbocycles. The lowest BCUT2D eigenvalue weighted by Crippen LogP contribution is -2.15. The fourth-order valence-corrected chi connectivity index (χ4v) is 2.49. The number of phenolic OH excluding ortho intramolecular Hbond substituents is 2. The molecule has 2 rings (SSSR count). The first-order valence-corrected chi connectivity index (χ1v) is 6.69. The average Bonchev–Trinajstić information content (AvgIpc) is 2.38. The Morgan fingerprint density at radius 2 is 1.81 bits per heavy atom. The number of phenols is 2. The van der Waals surface area contributed by atoms with E-state index in [-0.39, 0.29) is 17.9 Å². The summed E-state index contributed by atoms with van der Waals surface area (Å²) in [6, 6.07) is 9.86. The van der Waals surface area contributed by atoms with Crippen LogP contribution in [0.4, 0.5) is 0 Å². The number of carbonyl (C=O) groups is 1. The first-order valence-electron chi connectivity index (χ1n) is 6.69. The summed E-state index contributed by atoms with van der Waals surface area (Å²) >= 11 is 0. The van der Waals surface area contributed by atoms with E-state index in [1.54, 1.807) is 6.07 Å². The zero-order valence-electron chi connectivity index (χ0n) is 12.0. The van der Waals surface area contributed by atoms with Gasteiger partial charge in [0.15, 0.2) is 0 Å². The number of benzene rings is 2. The van der Waals surface area contributed by atoms with Crippen LogP contribution in [0.1, 0.15) is 28.2 Å². The van der Waals surface area contributed by atoms with Crippen LogP contribution in [0, 0.1) is 13.8 Å². The smallest absolute Gasteiger partial charge is 0.311 e. The first-order chi connectivity index (χ1) is 9.88. The Balaban J connectivity index is 2.38. The second kappa shape index (κ2) is 5.87. The lowest BCUT2D eigenvalue weighted by atomic mass is 9.88. The van der Waals surface area contributed by atoms with Gasteiger partial charge in [0.1, 0.15) is 11.5 Å². The Labute approximate surface area is 123 Å². The zero-order chi connectivity index (χ0) is 15.6. The van der Waals surface area contributed by atoms with Gasteiger partial charge >= 0.3 is 5.97 Å². The highest BCUT2D eigenvalue weighted by Gasteiger charge is 2.23. The summed E-state index contributed by atoms with van der Waals surface area (Å²) in [7, 11) is 0. The van der Waals surface area contributed by atoms with Gasteiger partial charge in [0.2, 0.25) is 0 Å². The van der Waals surface area contributed by atoms with E-state index in [9.17, 15) is 20.1 Å². The molecule has 4 heteroatoms. The van der Waals surface area contributed by atoms with Crippen LogP contribution in [-0.2, 0) is 11.2 Å². The van der Waals surface area contributed by atoms with Gasteiger partial charge < -0.3 is 15.3 Å². The monoisotopic (exact) mass is 286 g/mol. The van der Waals surface area contributed by atoms with Crippen molar-refractivity contribution in [1.29, 1.82) is 0 Å². The molecule has 0 fully saturated rings. The molecule has 1 unspecified atom stereocenters. The molecule has 0 aliphatic rings. The van der Waals surface area contributed by atoms with Gasteiger partial charge in [-0.1, -0.05) is 29.8 Å². The van der Waals surface area contributed by atoms with Crippen molar-refractivity contribution < 1.29 is 20.1 Å². The Morgan fingerprint density at radius 1 is 1.10 bits per heavy atom. The number of aryl methyl sites for hydroxylation is 2. The van der Waals surface area contributed by atoms with Crippen molar-refractivity contribution in [2.45, 2.75) is 26.2 Å². The molecule has 3 N–H and O–H groups in total. The van der Waals surface area contributed by atoms with E-state index in [1.807, 2.05) is 32.0 Å². The summed E-state index contributed by atoms with van der Waals surface area (Å²) in [5.41, 5.74) is 3.23. The molecule has 0 aliphatic heterocycles. The minimum atomic E-state index is -0.936. The molecule has 0 bridgehead atoms. The number of hydrogen-bond acceptors (Lipinski definition) is 3. The molecule has 0 heterocycles. The maximum atomic E-state index is 11.6. The highest BCUT2D eigenvalue weighted by Crippen LogP contribution is 2.30.